The van der Waals surface area contributed by atoms with E-state index in [1.165, 1.54) is 4.31 Å². The van der Waals surface area contributed by atoms with Crippen LogP contribution in [0.3, 0.4) is 0 Å². The van der Waals surface area contributed by atoms with Crippen LogP contribution in [0.15, 0.2) is 59.1 Å². The summed E-state index contributed by atoms with van der Waals surface area (Å²) >= 11 is 1.63. The van der Waals surface area contributed by atoms with Crippen LogP contribution in [0.25, 0.3) is 11.3 Å². The fourth-order valence-electron chi connectivity index (χ4n) is 3.44. The molecule has 0 bridgehead atoms. The van der Waals surface area contributed by atoms with Crippen LogP contribution in [-0.2, 0) is 27.7 Å². The van der Waals surface area contributed by atoms with Gasteiger partial charge < -0.3 is 5.32 Å². The highest BCUT2D eigenvalue weighted by molar-refractivity contribution is 7.89. The summed E-state index contributed by atoms with van der Waals surface area (Å²) in [5.41, 5.74) is 2.95. The highest BCUT2D eigenvalue weighted by Crippen LogP contribution is 2.22. The number of hydrogen-bond acceptors (Lipinski definition) is 6. The van der Waals surface area contributed by atoms with Crippen molar-refractivity contribution in [3.63, 3.8) is 0 Å². The Labute approximate surface area is 200 Å². The van der Waals surface area contributed by atoms with Gasteiger partial charge in [0.2, 0.25) is 15.9 Å². The van der Waals surface area contributed by atoms with Gasteiger partial charge in [0, 0.05) is 55.8 Å². The molecule has 2 heterocycles. The Morgan fingerprint density at radius 3 is 2.39 bits per heavy atom. The molecule has 0 aliphatic heterocycles. The summed E-state index contributed by atoms with van der Waals surface area (Å²) in [5.74, 6) is -0.00791. The van der Waals surface area contributed by atoms with Gasteiger partial charge in [-0.15, -0.1) is 11.3 Å². The Morgan fingerprint density at radius 2 is 1.73 bits per heavy atom. The number of carbonyl (C=O) groups is 1. The molecule has 3 rings (SSSR count). The van der Waals surface area contributed by atoms with Gasteiger partial charge in [-0.1, -0.05) is 26.0 Å². The van der Waals surface area contributed by atoms with Gasteiger partial charge in [0.25, 0.3) is 0 Å². The van der Waals surface area contributed by atoms with Crippen molar-refractivity contribution in [3.8, 4) is 11.3 Å². The van der Waals surface area contributed by atoms with E-state index in [-0.39, 0.29) is 10.8 Å². The van der Waals surface area contributed by atoms with E-state index in [0.717, 1.165) is 34.7 Å². The van der Waals surface area contributed by atoms with Crippen LogP contribution in [0.1, 0.15) is 37.3 Å². The average Bonchev–Trinajstić information content (AvgIpc) is 3.31. The predicted molar refractivity (Wildman–Crippen MR) is 132 cm³/mol. The molecule has 2 aromatic heterocycles. The topological polar surface area (TPSA) is 92.3 Å². The van der Waals surface area contributed by atoms with E-state index in [9.17, 15) is 13.2 Å². The second-order valence-electron chi connectivity index (χ2n) is 7.55. The lowest BCUT2D eigenvalue weighted by Gasteiger charge is -2.18. The van der Waals surface area contributed by atoms with Crippen LogP contribution >= 0.6 is 11.3 Å². The maximum absolute atomic E-state index is 12.6. The minimum Gasteiger partial charge on any atom is -0.356 e. The van der Waals surface area contributed by atoms with E-state index in [2.05, 4.69) is 15.3 Å². The number of nitrogens with one attached hydrogen (secondary N) is 1. The van der Waals surface area contributed by atoms with Gasteiger partial charge in [0.15, 0.2) is 0 Å². The van der Waals surface area contributed by atoms with Crippen LogP contribution in [0.5, 0.6) is 0 Å². The molecule has 0 fully saturated rings. The molecule has 0 atom stereocenters. The number of nitrogens with zero attached hydrogens (tertiary/aromatic N) is 3. The highest BCUT2D eigenvalue weighted by Gasteiger charge is 2.21. The summed E-state index contributed by atoms with van der Waals surface area (Å²) in [4.78, 5) is 21.1. The zero-order valence-corrected chi connectivity index (χ0v) is 20.7. The Balaban J connectivity index is 1.39. The Morgan fingerprint density at radius 1 is 1.03 bits per heavy atom. The molecule has 1 N–H and O–H groups in total. The summed E-state index contributed by atoms with van der Waals surface area (Å²) in [5, 5.41) is 6.05. The van der Waals surface area contributed by atoms with Gasteiger partial charge >= 0.3 is 0 Å². The van der Waals surface area contributed by atoms with Crippen molar-refractivity contribution < 1.29 is 13.2 Å². The molecule has 0 aliphatic rings. The molecule has 0 radical (unpaired) electrons. The van der Waals surface area contributed by atoms with E-state index in [1.54, 1.807) is 48.0 Å². The van der Waals surface area contributed by atoms with Crippen molar-refractivity contribution in [1.29, 1.82) is 0 Å². The summed E-state index contributed by atoms with van der Waals surface area (Å²) in [6.07, 6.45) is 6.09. The fourth-order valence-corrected chi connectivity index (χ4v) is 5.74. The second-order valence-corrected chi connectivity index (χ2v) is 10.4. The molecule has 9 heteroatoms. The number of amides is 1. The van der Waals surface area contributed by atoms with Crippen LogP contribution in [-0.4, -0.2) is 48.2 Å². The third-order valence-electron chi connectivity index (χ3n) is 5.32. The Bertz CT molecular complexity index is 1130. The first kappa shape index (κ1) is 25.0. The zero-order valence-electron chi connectivity index (χ0n) is 19.0. The van der Waals surface area contributed by atoms with E-state index in [0.29, 0.717) is 32.5 Å². The summed E-state index contributed by atoms with van der Waals surface area (Å²) in [6, 6.07) is 10.7. The maximum Gasteiger partial charge on any atom is 0.243 e. The first-order valence-corrected chi connectivity index (χ1v) is 13.5. The van der Waals surface area contributed by atoms with Gasteiger partial charge in [-0.3, -0.25) is 9.78 Å². The molecule has 1 amide bonds. The van der Waals surface area contributed by atoms with Gasteiger partial charge in [0.1, 0.15) is 0 Å². The summed E-state index contributed by atoms with van der Waals surface area (Å²) in [7, 11) is -3.45. The van der Waals surface area contributed by atoms with Crippen LogP contribution < -0.4 is 5.32 Å². The number of aromatic nitrogens is 2. The van der Waals surface area contributed by atoms with Crippen LogP contribution in [0, 0.1) is 0 Å². The van der Waals surface area contributed by atoms with Crippen molar-refractivity contribution >= 4 is 27.3 Å². The molecule has 0 saturated heterocycles. The van der Waals surface area contributed by atoms with E-state index < -0.39 is 10.0 Å². The van der Waals surface area contributed by atoms with Crippen LogP contribution in [0.2, 0.25) is 0 Å². The average molecular weight is 487 g/mol. The summed E-state index contributed by atoms with van der Waals surface area (Å²) in [6.45, 7) is 5.13. The first-order valence-electron chi connectivity index (χ1n) is 11.1. The van der Waals surface area contributed by atoms with E-state index >= 15 is 0 Å². The molecule has 176 valence electrons. The highest BCUT2D eigenvalue weighted by atomic mass is 32.2. The lowest BCUT2D eigenvalue weighted by atomic mass is 10.1. The normalized spacial score (nSPS) is 11.6. The quantitative estimate of drug-likeness (QED) is 0.392. The van der Waals surface area contributed by atoms with Crippen molar-refractivity contribution in [1.82, 2.24) is 19.6 Å². The van der Waals surface area contributed by atoms with Crippen molar-refractivity contribution in [2.24, 2.45) is 0 Å². The lowest BCUT2D eigenvalue weighted by Crippen LogP contribution is -2.30. The molecular weight excluding hydrogens is 456 g/mol. The number of pyridine rings is 1. The molecular formula is C24H30N4O3S2. The van der Waals surface area contributed by atoms with Gasteiger partial charge in [-0.25, -0.2) is 13.4 Å². The third-order valence-corrected chi connectivity index (χ3v) is 8.30. The standard InChI is InChI=1S/C24H30N4O3S2/c1-3-28(4-2)33(30,31)21-10-7-19(8-11-21)9-12-23(29)26-15-5-6-24-27-22(18-32-24)20-13-16-25-17-14-20/h7-8,10-11,13-14,16-18H,3-6,9,12,15H2,1-2H3,(H,26,29). The predicted octanol–water partition coefficient (Wildman–Crippen LogP) is 3.92. The van der Waals surface area contributed by atoms with E-state index in [4.69, 9.17) is 0 Å². The Kier molecular flexibility index (Phi) is 9.11. The fraction of sp³-hybridized carbons (Fsp3) is 0.375. The van der Waals surface area contributed by atoms with Crippen LogP contribution in [0.4, 0.5) is 0 Å². The van der Waals surface area contributed by atoms with Gasteiger partial charge in [-0.05, 0) is 42.7 Å². The molecule has 7 nitrogen and oxygen atoms in total. The largest absolute Gasteiger partial charge is 0.356 e. The molecule has 1 aromatic carbocycles. The minimum absolute atomic E-state index is 0.00791. The number of aryl methyl sites for hydroxylation is 2. The minimum atomic E-state index is -3.45. The number of carbonyl (C=O) groups excluding carboxylic acids is 1. The first-order chi connectivity index (χ1) is 15.9. The zero-order chi connectivity index (χ0) is 23.7. The molecule has 0 spiro atoms. The number of hydrogen-bond donors (Lipinski definition) is 1. The number of rotatable bonds is 12. The molecule has 0 unspecified atom stereocenters. The summed E-state index contributed by atoms with van der Waals surface area (Å²) < 4.78 is 26.5. The monoisotopic (exact) mass is 486 g/mol. The van der Waals surface area contributed by atoms with Gasteiger partial charge in [-0.2, -0.15) is 4.31 Å². The van der Waals surface area contributed by atoms with Crippen molar-refractivity contribution in [3.05, 3.63) is 64.7 Å². The molecule has 0 aliphatic carbocycles. The SMILES string of the molecule is CCN(CC)S(=O)(=O)c1ccc(CCC(=O)NCCCc2nc(-c3ccncc3)cs2)cc1. The lowest BCUT2D eigenvalue weighted by molar-refractivity contribution is -0.121. The van der Waals surface area contributed by atoms with Gasteiger partial charge in [0.05, 0.1) is 15.6 Å². The third kappa shape index (κ3) is 6.93. The molecule has 33 heavy (non-hydrogen) atoms. The Hall–Kier alpha value is -2.62. The molecule has 0 saturated carbocycles. The second kappa shape index (κ2) is 12.0. The smallest absolute Gasteiger partial charge is 0.243 e. The number of thiazole rings is 1. The van der Waals surface area contributed by atoms with Crippen molar-refractivity contribution in [2.45, 2.75) is 44.4 Å². The van der Waals surface area contributed by atoms with E-state index in [1.807, 2.05) is 31.4 Å². The number of sulfonamides is 1. The molecule has 3 aromatic rings. The number of benzene rings is 1. The van der Waals surface area contributed by atoms with Crippen molar-refractivity contribution in [2.75, 3.05) is 19.6 Å². The maximum atomic E-state index is 12.6.